The predicted octanol–water partition coefficient (Wildman–Crippen LogP) is 1.87. The molecule has 0 bridgehead atoms. The standard InChI is InChI=1S/C8H9ClFN3/c1-13(5-2-3-5)7-6(10)4-11-8(9)12-7/h4-5H,2-3H2,1H3. The zero-order valence-corrected chi connectivity index (χ0v) is 7.92. The largest absolute Gasteiger partial charge is 0.354 e. The van der Waals surface area contributed by atoms with E-state index in [0.717, 1.165) is 19.0 Å². The lowest BCUT2D eigenvalue weighted by Gasteiger charge is -2.17. The highest BCUT2D eigenvalue weighted by Gasteiger charge is 2.28. The van der Waals surface area contributed by atoms with Gasteiger partial charge in [-0.25, -0.2) is 9.37 Å². The minimum absolute atomic E-state index is 0.0869. The SMILES string of the molecule is CN(c1nc(Cl)ncc1F)C1CC1. The zero-order chi connectivity index (χ0) is 9.42. The van der Waals surface area contributed by atoms with Crippen molar-refractivity contribution in [3.05, 3.63) is 17.3 Å². The molecular weight excluding hydrogens is 193 g/mol. The summed E-state index contributed by atoms with van der Waals surface area (Å²) in [6, 6.07) is 0.417. The second-order valence-corrected chi connectivity index (χ2v) is 3.49. The number of anilines is 1. The summed E-state index contributed by atoms with van der Waals surface area (Å²) in [5.74, 6) is -0.124. The van der Waals surface area contributed by atoms with E-state index in [9.17, 15) is 4.39 Å². The molecule has 1 aromatic rings. The third-order valence-electron chi connectivity index (χ3n) is 2.12. The van der Waals surface area contributed by atoms with E-state index in [1.165, 1.54) is 0 Å². The minimum Gasteiger partial charge on any atom is -0.354 e. The molecule has 1 aliphatic rings. The third-order valence-corrected chi connectivity index (χ3v) is 2.31. The maximum Gasteiger partial charge on any atom is 0.224 e. The Bertz CT molecular complexity index is 327. The molecule has 1 saturated carbocycles. The van der Waals surface area contributed by atoms with E-state index in [2.05, 4.69) is 9.97 Å². The maximum absolute atomic E-state index is 13.2. The topological polar surface area (TPSA) is 29.0 Å². The van der Waals surface area contributed by atoms with E-state index >= 15 is 0 Å². The highest BCUT2D eigenvalue weighted by Crippen LogP contribution is 2.30. The summed E-state index contributed by atoms with van der Waals surface area (Å²) in [6.45, 7) is 0. The average Bonchev–Trinajstić information content (AvgIpc) is 2.91. The number of halogens is 2. The lowest BCUT2D eigenvalue weighted by atomic mass is 10.4. The highest BCUT2D eigenvalue weighted by molar-refractivity contribution is 6.28. The quantitative estimate of drug-likeness (QED) is 0.684. The van der Waals surface area contributed by atoms with E-state index in [1.807, 2.05) is 11.9 Å². The van der Waals surface area contributed by atoms with Gasteiger partial charge in [-0.1, -0.05) is 0 Å². The molecule has 0 aromatic carbocycles. The Hall–Kier alpha value is -0.900. The van der Waals surface area contributed by atoms with Crippen molar-refractivity contribution in [3.8, 4) is 0 Å². The average molecular weight is 202 g/mol. The van der Waals surface area contributed by atoms with Gasteiger partial charge in [-0.3, -0.25) is 0 Å². The van der Waals surface area contributed by atoms with Crippen LogP contribution in [-0.4, -0.2) is 23.1 Å². The van der Waals surface area contributed by atoms with E-state index < -0.39 is 5.82 Å². The Labute approximate surface area is 80.6 Å². The molecule has 0 radical (unpaired) electrons. The normalized spacial score (nSPS) is 15.9. The molecule has 5 heteroatoms. The molecular formula is C8H9ClFN3. The summed E-state index contributed by atoms with van der Waals surface area (Å²) >= 11 is 5.57. The van der Waals surface area contributed by atoms with Gasteiger partial charge in [-0.05, 0) is 24.4 Å². The van der Waals surface area contributed by atoms with Crippen molar-refractivity contribution >= 4 is 17.4 Å². The molecule has 2 rings (SSSR count). The Morgan fingerprint density at radius 3 is 2.92 bits per heavy atom. The van der Waals surface area contributed by atoms with Crippen LogP contribution in [-0.2, 0) is 0 Å². The van der Waals surface area contributed by atoms with Crippen molar-refractivity contribution in [1.82, 2.24) is 9.97 Å². The first-order valence-corrected chi connectivity index (χ1v) is 4.47. The first-order chi connectivity index (χ1) is 6.18. The first kappa shape index (κ1) is 8.69. The number of nitrogens with zero attached hydrogens (tertiary/aromatic N) is 3. The second kappa shape index (κ2) is 3.10. The van der Waals surface area contributed by atoms with Crippen molar-refractivity contribution in [2.45, 2.75) is 18.9 Å². The van der Waals surface area contributed by atoms with Gasteiger partial charge < -0.3 is 4.90 Å². The van der Waals surface area contributed by atoms with Crippen LogP contribution in [0.5, 0.6) is 0 Å². The van der Waals surface area contributed by atoms with Gasteiger partial charge in [0.2, 0.25) is 5.28 Å². The van der Waals surface area contributed by atoms with E-state index in [1.54, 1.807) is 0 Å². The highest BCUT2D eigenvalue weighted by atomic mass is 35.5. The van der Waals surface area contributed by atoms with Gasteiger partial charge >= 0.3 is 0 Å². The summed E-state index contributed by atoms with van der Waals surface area (Å²) in [5.41, 5.74) is 0. The van der Waals surface area contributed by atoms with Crippen LogP contribution in [0.1, 0.15) is 12.8 Å². The fourth-order valence-electron chi connectivity index (χ4n) is 1.22. The lowest BCUT2D eigenvalue weighted by Crippen LogP contribution is -2.22. The fraction of sp³-hybridized carbons (Fsp3) is 0.500. The molecule has 1 heterocycles. The van der Waals surface area contributed by atoms with Crippen molar-refractivity contribution < 1.29 is 4.39 Å². The van der Waals surface area contributed by atoms with E-state index in [4.69, 9.17) is 11.6 Å². The van der Waals surface area contributed by atoms with Crippen LogP contribution < -0.4 is 4.90 Å². The van der Waals surface area contributed by atoms with Crippen LogP contribution >= 0.6 is 11.6 Å². The van der Waals surface area contributed by atoms with Gasteiger partial charge in [0.05, 0.1) is 6.20 Å². The van der Waals surface area contributed by atoms with Gasteiger partial charge in [-0.2, -0.15) is 4.98 Å². The second-order valence-electron chi connectivity index (χ2n) is 3.15. The number of rotatable bonds is 2. The number of hydrogen-bond acceptors (Lipinski definition) is 3. The van der Waals surface area contributed by atoms with Crippen molar-refractivity contribution in [2.24, 2.45) is 0 Å². The molecule has 0 amide bonds. The summed E-state index contributed by atoms with van der Waals surface area (Å²) in [5, 5.41) is 0.0869. The predicted molar refractivity (Wildman–Crippen MR) is 48.4 cm³/mol. The smallest absolute Gasteiger partial charge is 0.224 e. The number of hydrogen-bond donors (Lipinski definition) is 0. The Kier molecular flexibility index (Phi) is 2.07. The molecule has 0 saturated heterocycles. The Morgan fingerprint density at radius 1 is 1.62 bits per heavy atom. The Balaban J connectivity index is 2.31. The van der Waals surface area contributed by atoms with Crippen LogP contribution in [0.15, 0.2) is 6.20 Å². The van der Waals surface area contributed by atoms with Crippen LogP contribution in [0.4, 0.5) is 10.2 Å². The van der Waals surface area contributed by atoms with Gasteiger partial charge in [0, 0.05) is 13.1 Å². The summed E-state index contributed by atoms with van der Waals surface area (Å²) in [6.07, 6.45) is 3.29. The lowest BCUT2D eigenvalue weighted by molar-refractivity contribution is 0.606. The van der Waals surface area contributed by atoms with Gasteiger partial charge in [0.1, 0.15) is 0 Å². The molecule has 13 heavy (non-hydrogen) atoms. The first-order valence-electron chi connectivity index (χ1n) is 4.09. The van der Waals surface area contributed by atoms with E-state index in [0.29, 0.717) is 11.9 Å². The monoisotopic (exact) mass is 201 g/mol. The maximum atomic E-state index is 13.2. The molecule has 70 valence electrons. The molecule has 0 N–H and O–H groups in total. The van der Waals surface area contributed by atoms with Crippen molar-refractivity contribution in [3.63, 3.8) is 0 Å². The molecule has 0 unspecified atom stereocenters. The number of aromatic nitrogens is 2. The molecule has 0 atom stereocenters. The van der Waals surface area contributed by atoms with Crippen LogP contribution in [0.2, 0.25) is 5.28 Å². The summed E-state index contributed by atoms with van der Waals surface area (Å²) in [7, 11) is 1.82. The van der Waals surface area contributed by atoms with Crippen molar-refractivity contribution in [2.75, 3.05) is 11.9 Å². The van der Waals surface area contributed by atoms with Gasteiger partial charge in [0.15, 0.2) is 11.6 Å². The molecule has 1 fully saturated rings. The molecule has 0 spiro atoms. The Morgan fingerprint density at radius 2 is 2.31 bits per heavy atom. The molecule has 0 aliphatic heterocycles. The molecule has 3 nitrogen and oxygen atoms in total. The van der Waals surface area contributed by atoms with E-state index in [-0.39, 0.29) is 5.28 Å². The van der Waals surface area contributed by atoms with Gasteiger partial charge in [-0.15, -0.1) is 0 Å². The van der Waals surface area contributed by atoms with Crippen LogP contribution in [0, 0.1) is 5.82 Å². The van der Waals surface area contributed by atoms with Crippen LogP contribution in [0.3, 0.4) is 0 Å². The molecule has 1 aliphatic carbocycles. The van der Waals surface area contributed by atoms with Gasteiger partial charge in [0.25, 0.3) is 0 Å². The zero-order valence-electron chi connectivity index (χ0n) is 7.17. The van der Waals surface area contributed by atoms with Crippen molar-refractivity contribution in [1.29, 1.82) is 0 Å². The minimum atomic E-state index is -0.418. The molecule has 1 aromatic heterocycles. The van der Waals surface area contributed by atoms with Crippen LogP contribution in [0.25, 0.3) is 0 Å². The summed E-state index contributed by atoms with van der Waals surface area (Å²) < 4.78 is 13.2. The fourth-order valence-corrected chi connectivity index (χ4v) is 1.35. The summed E-state index contributed by atoms with van der Waals surface area (Å²) in [4.78, 5) is 9.20. The third kappa shape index (κ3) is 1.72.